The Labute approximate surface area is 112 Å². The molecule has 4 nitrogen and oxygen atoms in total. The van der Waals surface area contributed by atoms with E-state index in [2.05, 4.69) is 41.5 Å². The number of nitrogens with one attached hydrogen (secondary N) is 3. The lowest BCUT2D eigenvalue weighted by Gasteiger charge is -2.21. The fraction of sp³-hybridized carbons (Fsp3) is 0.400. The lowest BCUT2D eigenvalue weighted by atomic mass is 10.0. The molecule has 1 aliphatic carbocycles. The third-order valence-electron chi connectivity index (χ3n) is 4.26. The van der Waals surface area contributed by atoms with Crippen LogP contribution in [-0.4, -0.2) is 16.2 Å². The first-order valence-corrected chi connectivity index (χ1v) is 6.71. The zero-order valence-electron chi connectivity index (χ0n) is 11.3. The van der Waals surface area contributed by atoms with Crippen LogP contribution in [0.3, 0.4) is 0 Å². The first kappa shape index (κ1) is 12.1. The fourth-order valence-electron chi connectivity index (χ4n) is 2.29. The molecule has 1 fully saturated rings. The van der Waals surface area contributed by atoms with Gasteiger partial charge in [0.05, 0.1) is 5.69 Å². The molecule has 1 unspecified atom stereocenters. The number of hydrogen-bond donors (Lipinski definition) is 3. The standard InChI is InChI=1S/C15H19N3O/c1-10(15(2)7-8-15)16-12-5-3-11(4-6-12)13-9-14(19)18-17-13/h3-6,9-10,16H,7-8H2,1-2H3,(H2,17,18,19). The second-order valence-electron chi connectivity index (χ2n) is 5.77. The summed E-state index contributed by atoms with van der Waals surface area (Å²) in [7, 11) is 0. The van der Waals surface area contributed by atoms with Crippen LogP contribution in [0.5, 0.6) is 0 Å². The Morgan fingerprint density at radius 2 is 1.89 bits per heavy atom. The smallest absolute Gasteiger partial charge is 0.264 e. The molecule has 100 valence electrons. The summed E-state index contributed by atoms with van der Waals surface area (Å²) in [5, 5.41) is 8.95. The monoisotopic (exact) mass is 257 g/mol. The van der Waals surface area contributed by atoms with E-state index in [0.717, 1.165) is 16.9 Å². The molecule has 2 aromatic rings. The maximum atomic E-state index is 11.1. The lowest BCUT2D eigenvalue weighted by Crippen LogP contribution is -2.24. The number of aromatic nitrogens is 2. The first-order chi connectivity index (χ1) is 9.07. The van der Waals surface area contributed by atoms with E-state index in [4.69, 9.17) is 0 Å². The summed E-state index contributed by atoms with van der Waals surface area (Å²) in [6, 6.07) is 10.2. The van der Waals surface area contributed by atoms with Gasteiger partial charge in [-0.3, -0.25) is 15.0 Å². The summed E-state index contributed by atoms with van der Waals surface area (Å²) < 4.78 is 0. The summed E-state index contributed by atoms with van der Waals surface area (Å²) in [5.74, 6) is 0. The quantitative estimate of drug-likeness (QED) is 0.788. The average molecular weight is 257 g/mol. The molecule has 0 spiro atoms. The summed E-state index contributed by atoms with van der Waals surface area (Å²) in [6.45, 7) is 4.56. The number of anilines is 1. The van der Waals surface area contributed by atoms with E-state index in [1.165, 1.54) is 12.8 Å². The van der Waals surface area contributed by atoms with Gasteiger partial charge in [0.25, 0.3) is 5.56 Å². The molecule has 3 N–H and O–H groups in total. The van der Waals surface area contributed by atoms with Gasteiger partial charge >= 0.3 is 0 Å². The predicted octanol–water partition coefficient (Wildman–Crippen LogP) is 2.97. The molecule has 3 rings (SSSR count). The SMILES string of the molecule is CC(Nc1ccc(-c2cc(=O)[nH][nH]2)cc1)C1(C)CC1. The molecule has 19 heavy (non-hydrogen) atoms. The number of rotatable bonds is 4. The molecule has 1 aromatic heterocycles. The van der Waals surface area contributed by atoms with Gasteiger partial charge in [-0.05, 0) is 42.9 Å². The van der Waals surface area contributed by atoms with Gasteiger partial charge in [0, 0.05) is 17.8 Å². The second kappa shape index (κ2) is 4.30. The summed E-state index contributed by atoms with van der Waals surface area (Å²) in [4.78, 5) is 11.1. The molecule has 1 aromatic carbocycles. The van der Waals surface area contributed by atoms with Crippen molar-refractivity contribution in [1.82, 2.24) is 10.2 Å². The largest absolute Gasteiger partial charge is 0.382 e. The molecule has 1 heterocycles. The van der Waals surface area contributed by atoms with Crippen LogP contribution >= 0.6 is 0 Å². The molecule has 1 aliphatic rings. The minimum absolute atomic E-state index is 0.104. The van der Waals surface area contributed by atoms with Crippen molar-refractivity contribution in [2.45, 2.75) is 32.7 Å². The van der Waals surface area contributed by atoms with Crippen molar-refractivity contribution in [3.63, 3.8) is 0 Å². The Morgan fingerprint density at radius 1 is 1.21 bits per heavy atom. The van der Waals surface area contributed by atoms with Crippen LogP contribution in [0.4, 0.5) is 5.69 Å². The Kier molecular flexibility index (Phi) is 2.73. The minimum Gasteiger partial charge on any atom is -0.382 e. The van der Waals surface area contributed by atoms with E-state index < -0.39 is 0 Å². The van der Waals surface area contributed by atoms with Crippen LogP contribution in [0.2, 0.25) is 0 Å². The van der Waals surface area contributed by atoms with Gasteiger partial charge in [-0.2, -0.15) is 0 Å². The van der Waals surface area contributed by atoms with Crippen molar-refractivity contribution in [2.24, 2.45) is 5.41 Å². The Morgan fingerprint density at radius 3 is 2.42 bits per heavy atom. The molecule has 1 saturated carbocycles. The van der Waals surface area contributed by atoms with Crippen LogP contribution in [0, 0.1) is 5.41 Å². The van der Waals surface area contributed by atoms with E-state index in [9.17, 15) is 4.79 Å². The van der Waals surface area contributed by atoms with Crippen LogP contribution in [-0.2, 0) is 0 Å². The Bertz CT molecular complexity index is 619. The normalized spacial score (nSPS) is 18.0. The van der Waals surface area contributed by atoms with Gasteiger partial charge < -0.3 is 5.32 Å². The van der Waals surface area contributed by atoms with Crippen LogP contribution in [0.25, 0.3) is 11.3 Å². The summed E-state index contributed by atoms with van der Waals surface area (Å²) >= 11 is 0. The van der Waals surface area contributed by atoms with Crippen molar-refractivity contribution >= 4 is 5.69 Å². The van der Waals surface area contributed by atoms with Gasteiger partial charge in [0.1, 0.15) is 0 Å². The molecule has 0 aliphatic heterocycles. The number of benzene rings is 1. The maximum absolute atomic E-state index is 11.1. The highest BCUT2D eigenvalue weighted by Gasteiger charge is 2.42. The number of aromatic amines is 2. The summed E-state index contributed by atoms with van der Waals surface area (Å²) in [6.07, 6.45) is 2.62. The molecule has 4 heteroatoms. The zero-order chi connectivity index (χ0) is 13.5. The van der Waals surface area contributed by atoms with Crippen molar-refractivity contribution < 1.29 is 0 Å². The Hall–Kier alpha value is -1.97. The number of hydrogen-bond acceptors (Lipinski definition) is 2. The van der Waals surface area contributed by atoms with Gasteiger partial charge in [0.15, 0.2) is 0 Å². The first-order valence-electron chi connectivity index (χ1n) is 6.71. The minimum atomic E-state index is -0.104. The molecule has 0 bridgehead atoms. The molecular weight excluding hydrogens is 238 g/mol. The van der Waals surface area contributed by atoms with E-state index in [1.54, 1.807) is 6.07 Å². The van der Waals surface area contributed by atoms with E-state index in [-0.39, 0.29) is 5.56 Å². The van der Waals surface area contributed by atoms with Crippen molar-refractivity contribution in [2.75, 3.05) is 5.32 Å². The van der Waals surface area contributed by atoms with E-state index in [0.29, 0.717) is 11.5 Å². The van der Waals surface area contributed by atoms with Crippen molar-refractivity contribution in [3.05, 3.63) is 40.7 Å². The predicted molar refractivity (Wildman–Crippen MR) is 77.3 cm³/mol. The molecule has 0 saturated heterocycles. The highest BCUT2D eigenvalue weighted by atomic mass is 16.1. The Balaban J connectivity index is 1.74. The second-order valence-corrected chi connectivity index (χ2v) is 5.77. The van der Waals surface area contributed by atoms with Crippen molar-refractivity contribution in [3.8, 4) is 11.3 Å². The van der Waals surface area contributed by atoms with Crippen LogP contribution in [0.1, 0.15) is 26.7 Å². The van der Waals surface area contributed by atoms with Gasteiger partial charge in [0.2, 0.25) is 0 Å². The van der Waals surface area contributed by atoms with E-state index in [1.807, 2.05) is 12.1 Å². The molecule has 0 radical (unpaired) electrons. The third-order valence-corrected chi connectivity index (χ3v) is 4.26. The third kappa shape index (κ3) is 2.43. The van der Waals surface area contributed by atoms with Crippen LogP contribution in [0.15, 0.2) is 35.1 Å². The van der Waals surface area contributed by atoms with Gasteiger partial charge in [-0.1, -0.05) is 19.1 Å². The average Bonchev–Trinajstić information content (AvgIpc) is 3.01. The van der Waals surface area contributed by atoms with Gasteiger partial charge in [-0.15, -0.1) is 0 Å². The van der Waals surface area contributed by atoms with Crippen molar-refractivity contribution in [1.29, 1.82) is 0 Å². The summed E-state index contributed by atoms with van der Waals surface area (Å²) in [5.41, 5.74) is 3.31. The molecule has 1 atom stereocenters. The topological polar surface area (TPSA) is 60.7 Å². The van der Waals surface area contributed by atoms with E-state index >= 15 is 0 Å². The highest BCUT2D eigenvalue weighted by molar-refractivity contribution is 5.62. The molecular formula is C15H19N3O. The van der Waals surface area contributed by atoms with Crippen LogP contribution < -0.4 is 10.9 Å². The number of H-pyrrole nitrogens is 2. The highest BCUT2D eigenvalue weighted by Crippen LogP contribution is 2.48. The zero-order valence-corrected chi connectivity index (χ0v) is 11.3. The lowest BCUT2D eigenvalue weighted by molar-refractivity contribution is 0.493. The maximum Gasteiger partial charge on any atom is 0.264 e. The molecule has 0 amide bonds. The van der Waals surface area contributed by atoms with Gasteiger partial charge in [-0.25, -0.2) is 0 Å². The fourth-order valence-corrected chi connectivity index (χ4v) is 2.29.